The van der Waals surface area contributed by atoms with Gasteiger partial charge in [0.2, 0.25) is 5.60 Å². The molecule has 0 amide bonds. The topological polar surface area (TPSA) is 85.4 Å². The first kappa shape index (κ1) is 12.2. The van der Waals surface area contributed by atoms with Crippen LogP contribution < -0.4 is 0 Å². The normalized spacial score (nSPS) is 62.0. The molecule has 0 aromatic heterocycles. The smallest absolute Gasteiger partial charge is 0.342 e. The molecule has 3 saturated heterocycles. The van der Waals surface area contributed by atoms with Crippen LogP contribution in [0.4, 0.5) is 0 Å². The number of ether oxygens (including phenoxy) is 3. The van der Waals surface area contributed by atoms with Crippen LogP contribution in [-0.2, 0) is 23.8 Å². The first-order valence-electron chi connectivity index (χ1n) is 7.26. The van der Waals surface area contributed by atoms with Gasteiger partial charge in [0, 0.05) is 12.3 Å². The molecular formula is C15H16O6. The average Bonchev–Trinajstić information content (AvgIpc) is 2.86. The summed E-state index contributed by atoms with van der Waals surface area (Å²) in [4.78, 5) is 24.7. The Balaban J connectivity index is 1.78. The summed E-state index contributed by atoms with van der Waals surface area (Å²) in [6.45, 7) is 7.55. The van der Waals surface area contributed by atoms with Crippen LogP contribution in [0.3, 0.4) is 0 Å². The molecule has 6 nitrogen and oxygen atoms in total. The van der Waals surface area contributed by atoms with E-state index >= 15 is 0 Å². The van der Waals surface area contributed by atoms with Crippen molar-refractivity contribution in [1.82, 2.24) is 0 Å². The number of hydrogen-bond acceptors (Lipinski definition) is 6. The number of carbonyl (C=O) groups excluding carboxylic acids is 2. The van der Waals surface area contributed by atoms with E-state index in [2.05, 4.69) is 6.58 Å². The molecule has 2 aliphatic carbocycles. The number of fused-ring (bicyclic) bond motifs is 4. The fourth-order valence-corrected chi connectivity index (χ4v) is 5.59. The van der Waals surface area contributed by atoms with Crippen LogP contribution >= 0.6 is 0 Å². The van der Waals surface area contributed by atoms with E-state index in [-0.39, 0.29) is 18.4 Å². The van der Waals surface area contributed by atoms with Crippen molar-refractivity contribution in [2.45, 2.75) is 49.8 Å². The molecule has 3 aliphatic heterocycles. The molecule has 1 unspecified atom stereocenters. The van der Waals surface area contributed by atoms with Crippen molar-refractivity contribution >= 4 is 11.9 Å². The van der Waals surface area contributed by atoms with E-state index in [4.69, 9.17) is 14.2 Å². The van der Waals surface area contributed by atoms with Crippen molar-refractivity contribution in [2.24, 2.45) is 17.3 Å². The monoisotopic (exact) mass is 292 g/mol. The van der Waals surface area contributed by atoms with Crippen LogP contribution in [0.5, 0.6) is 0 Å². The number of hydrogen-bond donors (Lipinski definition) is 1. The summed E-state index contributed by atoms with van der Waals surface area (Å²) in [6.07, 6.45) is -1.34. The van der Waals surface area contributed by atoms with Crippen molar-refractivity contribution in [3.05, 3.63) is 12.2 Å². The highest BCUT2D eigenvalue weighted by Gasteiger charge is 2.95. The second-order valence-electron chi connectivity index (χ2n) is 7.25. The second kappa shape index (κ2) is 2.90. The predicted molar refractivity (Wildman–Crippen MR) is 66.8 cm³/mol. The largest absolute Gasteiger partial charge is 0.457 e. The summed E-state index contributed by atoms with van der Waals surface area (Å²) in [5.41, 5.74) is -2.60. The predicted octanol–water partition coefficient (Wildman–Crippen LogP) is -0.0620. The maximum atomic E-state index is 12.3. The Morgan fingerprint density at radius 2 is 2.10 bits per heavy atom. The van der Waals surface area contributed by atoms with Crippen molar-refractivity contribution in [3.63, 3.8) is 0 Å². The molecule has 2 saturated carbocycles. The number of esters is 2. The van der Waals surface area contributed by atoms with Crippen molar-refractivity contribution in [3.8, 4) is 0 Å². The number of aliphatic hydroxyl groups is 1. The van der Waals surface area contributed by atoms with Gasteiger partial charge < -0.3 is 19.3 Å². The van der Waals surface area contributed by atoms with Gasteiger partial charge >= 0.3 is 11.9 Å². The molecule has 0 aromatic rings. The molecule has 1 spiro atoms. The van der Waals surface area contributed by atoms with Gasteiger partial charge in [-0.15, -0.1) is 0 Å². The second-order valence-corrected chi connectivity index (χ2v) is 7.25. The quantitative estimate of drug-likeness (QED) is 0.414. The molecule has 2 bridgehead atoms. The molecule has 21 heavy (non-hydrogen) atoms. The lowest BCUT2D eigenvalue weighted by Gasteiger charge is -2.51. The van der Waals surface area contributed by atoms with Crippen LogP contribution in [0.1, 0.15) is 20.3 Å². The molecule has 0 radical (unpaired) electrons. The standard InChI is InChI=1S/C15H16O6/c1-5(2)7-8-11(16)19-9(7)10-13(3)14(8,18)4-6-15(13,21-6)12(17)20-10/h6-10,18H,1,4H2,2-3H3/t6-,7-,8+,9+,10-,13-,14-,15?/m1/s1. The van der Waals surface area contributed by atoms with E-state index in [1.54, 1.807) is 6.92 Å². The van der Waals surface area contributed by atoms with Crippen LogP contribution in [0.25, 0.3) is 0 Å². The first-order valence-corrected chi connectivity index (χ1v) is 7.26. The Morgan fingerprint density at radius 1 is 1.38 bits per heavy atom. The summed E-state index contributed by atoms with van der Waals surface area (Å²) in [7, 11) is 0. The Bertz CT molecular complexity index is 642. The summed E-state index contributed by atoms with van der Waals surface area (Å²) >= 11 is 0. The highest BCUT2D eigenvalue weighted by molar-refractivity contribution is 5.91. The average molecular weight is 292 g/mol. The molecular weight excluding hydrogens is 276 g/mol. The zero-order valence-electron chi connectivity index (χ0n) is 11.8. The van der Waals surface area contributed by atoms with E-state index in [1.165, 1.54) is 0 Å². The molecule has 5 aliphatic rings. The van der Waals surface area contributed by atoms with E-state index in [0.29, 0.717) is 0 Å². The van der Waals surface area contributed by atoms with Gasteiger partial charge in [-0.25, -0.2) is 4.79 Å². The van der Waals surface area contributed by atoms with Gasteiger partial charge in [0.05, 0.1) is 16.9 Å². The third-order valence-electron chi connectivity index (χ3n) is 6.60. The zero-order valence-corrected chi connectivity index (χ0v) is 11.8. The van der Waals surface area contributed by atoms with Gasteiger partial charge in [0.1, 0.15) is 12.2 Å². The highest BCUT2D eigenvalue weighted by atomic mass is 16.7. The Kier molecular flexibility index (Phi) is 1.68. The van der Waals surface area contributed by atoms with Crippen molar-refractivity contribution < 1.29 is 28.9 Å². The van der Waals surface area contributed by atoms with Gasteiger partial charge in [0.15, 0.2) is 6.10 Å². The SMILES string of the molecule is C=C(C)[C@H]1[C@@H]2OC(=O)[C@H]1[C@]1(O)C[C@H]3OC34C(=O)O[C@H]2[C@@]41C. The molecule has 1 N–H and O–H groups in total. The minimum absolute atomic E-state index is 0.269. The summed E-state index contributed by atoms with van der Waals surface area (Å²) < 4.78 is 16.6. The van der Waals surface area contributed by atoms with E-state index in [0.717, 1.165) is 5.57 Å². The van der Waals surface area contributed by atoms with Gasteiger partial charge in [0.25, 0.3) is 0 Å². The minimum Gasteiger partial charge on any atom is -0.457 e. The van der Waals surface area contributed by atoms with Crippen molar-refractivity contribution in [2.75, 3.05) is 0 Å². The fraction of sp³-hybridized carbons (Fsp3) is 0.733. The van der Waals surface area contributed by atoms with Crippen LogP contribution in [-0.4, -0.2) is 46.6 Å². The molecule has 5 fully saturated rings. The Labute approximate surface area is 121 Å². The molecule has 8 atom stereocenters. The molecule has 3 heterocycles. The fourth-order valence-electron chi connectivity index (χ4n) is 5.59. The Hall–Kier alpha value is -1.40. The summed E-state index contributed by atoms with van der Waals surface area (Å²) in [5.74, 6) is -1.86. The minimum atomic E-state index is -1.35. The molecule has 112 valence electrons. The number of carbonyl (C=O) groups is 2. The first-order chi connectivity index (χ1) is 9.79. The maximum absolute atomic E-state index is 12.3. The molecule has 0 aromatic carbocycles. The van der Waals surface area contributed by atoms with Crippen LogP contribution in [0.2, 0.25) is 0 Å². The Morgan fingerprint density at radius 3 is 2.76 bits per heavy atom. The highest BCUT2D eigenvalue weighted by Crippen LogP contribution is 2.76. The van der Waals surface area contributed by atoms with Crippen molar-refractivity contribution in [1.29, 1.82) is 0 Å². The van der Waals surface area contributed by atoms with Gasteiger partial charge in [-0.05, 0) is 13.8 Å². The zero-order chi connectivity index (χ0) is 14.9. The lowest BCUT2D eigenvalue weighted by Crippen LogP contribution is -2.66. The van der Waals surface area contributed by atoms with Crippen LogP contribution in [0, 0.1) is 17.3 Å². The van der Waals surface area contributed by atoms with Gasteiger partial charge in [-0.2, -0.15) is 0 Å². The summed E-state index contributed by atoms with van der Waals surface area (Å²) in [5, 5.41) is 11.4. The lowest BCUT2D eigenvalue weighted by atomic mass is 9.53. The maximum Gasteiger partial charge on any atom is 0.342 e. The molecule has 6 heteroatoms. The van der Waals surface area contributed by atoms with E-state index in [9.17, 15) is 14.7 Å². The van der Waals surface area contributed by atoms with E-state index in [1.807, 2.05) is 6.92 Å². The number of epoxide rings is 1. The van der Waals surface area contributed by atoms with E-state index < -0.39 is 46.7 Å². The lowest BCUT2D eigenvalue weighted by molar-refractivity contribution is -0.195. The summed E-state index contributed by atoms with van der Waals surface area (Å²) in [6, 6.07) is 0. The third-order valence-corrected chi connectivity index (χ3v) is 6.60. The van der Waals surface area contributed by atoms with Gasteiger partial charge in [-0.3, -0.25) is 4.79 Å². The van der Waals surface area contributed by atoms with Gasteiger partial charge in [-0.1, -0.05) is 12.2 Å². The number of rotatable bonds is 1. The van der Waals surface area contributed by atoms with Crippen LogP contribution in [0.15, 0.2) is 12.2 Å². The third kappa shape index (κ3) is 0.874. The molecule has 5 rings (SSSR count).